The van der Waals surface area contributed by atoms with Crippen molar-refractivity contribution in [3.8, 4) is 0 Å². The molecule has 1 N–H and O–H groups in total. The summed E-state index contributed by atoms with van der Waals surface area (Å²) < 4.78 is 9.90. The predicted molar refractivity (Wildman–Crippen MR) is 133 cm³/mol. The average Bonchev–Trinajstić information content (AvgIpc) is 2.70. The van der Waals surface area contributed by atoms with Gasteiger partial charge in [-0.15, -0.1) is 0 Å². The number of ketones is 2. The van der Waals surface area contributed by atoms with E-state index in [0.29, 0.717) is 0 Å². The first-order valence-electron chi connectivity index (χ1n) is 13.9. The van der Waals surface area contributed by atoms with Gasteiger partial charge in [0.1, 0.15) is 30.0 Å². The van der Waals surface area contributed by atoms with Crippen LogP contribution in [0.25, 0.3) is 0 Å². The zero-order valence-corrected chi connectivity index (χ0v) is 22.3. The second-order valence-electron chi connectivity index (χ2n) is 13.1. The molecular formula is C29H44O7. The van der Waals surface area contributed by atoms with E-state index in [-0.39, 0.29) is 41.6 Å². The Bertz CT molecular complexity index is 789. The maximum absolute atomic E-state index is 11.7. The van der Waals surface area contributed by atoms with Crippen LogP contribution in [-0.2, 0) is 28.7 Å². The number of carbonyl (C=O) groups is 4. The van der Waals surface area contributed by atoms with E-state index in [0.717, 1.165) is 74.0 Å². The number of hydrogen-bond donors (Lipinski definition) is 1. The molecule has 0 saturated heterocycles. The van der Waals surface area contributed by atoms with Crippen LogP contribution in [0.5, 0.6) is 0 Å². The lowest BCUT2D eigenvalue weighted by molar-refractivity contribution is -0.186. The molecule has 0 amide bonds. The molecule has 202 valence electrons. The van der Waals surface area contributed by atoms with Crippen LogP contribution in [0, 0.1) is 35.5 Å². The highest BCUT2D eigenvalue weighted by molar-refractivity contribution is 5.94. The minimum atomic E-state index is -0.475. The summed E-state index contributed by atoms with van der Waals surface area (Å²) in [7, 11) is 1.26. The van der Waals surface area contributed by atoms with Crippen LogP contribution < -0.4 is 0 Å². The summed E-state index contributed by atoms with van der Waals surface area (Å²) >= 11 is 0. The SMILES string of the molecule is CC(=O)CC(=O)OC12CC3CC(CC(C3)C1)C2.COC(=O)CC(C)=O.OC12CC3CC(CC(C3)C1)C2. The summed E-state index contributed by atoms with van der Waals surface area (Å²) in [5.74, 6) is 3.95. The van der Waals surface area contributed by atoms with Crippen molar-refractivity contribution in [2.75, 3.05) is 7.11 Å². The molecule has 0 aromatic rings. The number of rotatable bonds is 5. The van der Waals surface area contributed by atoms with Gasteiger partial charge in [-0.25, -0.2) is 0 Å². The van der Waals surface area contributed by atoms with E-state index in [2.05, 4.69) is 4.74 Å². The van der Waals surface area contributed by atoms with Gasteiger partial charge in [0.05, 0.1) is 12.7 Å². The zero-order chi connectivity index (χ0) is 26.1. The Morgan fingerprint density at radius 2 is 0.972 bits per heavy atom. The lowest BCUT2D eigenvalue weighted by Crippen LogP contribution is -2.52. The molecule has 0 aliphatic heterocycles. The van der Waals surface area contributed by atoms with Gasteiger partial charge in [-0.05, 0) is 126 Å². The fourth-order valence-corrected chi connectivity index (χ4v) is 8.98. The minimum Gasteiger partial charge on any atom is -0.469 e. The number of esters is 2. The van der Waals surface area contributed by atoms with Crippen molar-refractivity contribution in [2.24, 2.45) is 35.5 Å². The Kier molecular flexibility index (Phi) is 8.28. The largest absolute Gasteiger partial charge is 0.469 e. The smallest absolute Gasteiger partial charge is 0.313 e. The summed E-state index contributed by atoms with van der Waals surface area (Å²) in [6, 6.07) is 0. The van der Waals surface area contributed by atoms with Gasteiger partial charge in [0.15, 0.2) is 0 Å². The summed E-state index contributed by atoms with van der Waals surface area (Å²) in [5, 5.41) is 10.1. The predicted octanol–water partition coefficient (Wildman–Crippen LogP) is 4.56. The van der Waals surface area contributed by atoms with Gasteiger partial charge < -0.3 is 14.6 Å². The molecule has 8 aliphatic rings. The molecule has 0 aromatic heterocycles. The molecular weight excluding hydrogens is 460 g/mol. The van der Waals surface area contributed by atoms with Crippen LogP contribution in [0.3, 0.4) is 0 Å². The Hall–Kier alpha value is -1.76. The molecule has 7 nitrogen and oxygen atoms in total. The second kappa shape index (κ2) is 10.9. The monoisotopic (exact) mass is 504 g/mol. The van der Waals surface area contributed by atoms with Crippen molar-refractivity contribution in [2.45, 2.75) is 115 Å². The van der Waals surface area contributed by atoms with Crippen molar-refractivity contribution < 1.29 is 33.8 Å². The molecule has 8 aliphatic carbocycles. The van der Waals surface area contributed by atoms with Crippen LogP contribution >= 0.6 is 0 Å². The Labute approximate surface area is 215 Å². The summed E-state index contributed by atoms with van der Waals surface area (Å²) in [4.78, 5) is 42.9. The number of Topliss-reactive ketones (excluding diaryl/α,β-unsaturated/α-hetero) is 2. The van der Waals surface area contributed by atoms with Gasteiger partial charge in [-0.3, -0.25) is 19.2 Å². The third-order valence-corrected chi connectivity index (χ3v) is 9.33. The molecule has 8 saturated carbocycles. The first-order valence-corrected chi connectivity index (χ1v) is 13.9. The normalized spacial score (nSPS) is 40.3. The highest BCUT2D eigenvalue weighted by atomic mass is 16.6. The van der Waals surface area contributed by atoms with E-state index in [1.807, 2.05) is 0 Å². The van der Waals surface area contributed by atoms with Crippen molar-refractivity contribution >= 4 is 23.5 Å². The summed E-state index contributed by atoms with van der Waals surface area (Å²) in [6.45, 7) is 2.79. The number of ether oxygens (including phenoxy) is 2. The molecule has 0 radical (unpaired) electrons. The molecule has 36 heavy (non-hydrogen) atoms. The van der Waals surface area contributed by atoms with Gasteiger partial charge >= 0.3 is 11.9 Å². The van der Waals surface area contributed by atoms with Gasteiger partial charge in [0, 0.05) is 0 Å². The van der Waals surface area contributed by atoms with E-state index < -0.39 is 5.97 Å². The van der Waals surface area contributed by atoms with E-state index in [1.54, 1.807) is 0 Å². The molecule has 0 aromatic carbocycles. The Balaban J connectivity index is 0.000000138. The highest BCUT2D eigenvalue weighted by Crippen LogP contribution is 2.57. The average molecular weight is 505 g/mol. The summed E-state index contributed by atoms with van der Waals surface area (Å²) in [5.41, 5.74) is -0.393. The van der Waals surface area contributed by atoms with Crippen LogP contribution in [0.2, 0.25) is 0 Å². The van der Waals surface area contributed by atoms with E-state index in [9.17, 15) is 24.3 Å². The zero-order valence-electron chi connectivity index (χ0n) is 22.3. The molecule has 0 unspecified atom stereocenters. The quantitative estimate of drug-likeness (QED) is 0.432. The van der Waals surface area contributed by atoms with Crippen LogP contribution in [0.1, 0.15) is 104 Å². The van der Waals surface area contributed by atoms with Crippen LogP contribution in [0.15, 0.2) is 0 Å². The van der Waals surface area contributed by atoms with E-state index >= 15 is 0 Å². The van der Waals surface area contributed by atoms with Crippen molar-refractivity contribution in [3.05, 3.63) is 0 Å². The first-order chi connectivity index (χ1) is 16.9. The van der Waals surface area contributed by atoms with Crippen molar-refractivity contribution in [1.82, 2.24) is 0 Å². The standard InChI is InChI=1S/C14H20O3.C10H16O.C5H8O3/c1-9(15)2-13(16)17-14-6-10-3-11(7-14)5-12(4-10)8-14;11-10-4-7-1-8(5-10)3-9(2-7)6-10;1-4(6)3-5(7)8-2/h10-12H,2-8H2,1H3;7-9,11H,1-6H2;3H2,1-2H3. The Morgan fingerprint density at radius 1 is 0.639 bits per heavy atom. The van der Waals surface area contributed by atoms with Gasteiger partial charge in [0.25, 0.3) is 0 Å². The maximum Gasteiger partial charge on any atom is 0.313 e. The lowest BCUT2D eigenvalue weighted by Gasteiger charge is -2.55. The number of hydrogen-bond acceptors (Lipinski definition) is 7. The van der Waals surface area contributed by atoms with Crippen molar-refractivity contribution in [1.29, 1.82) is 0 Å². The van der Waals surface area contributed by atoms with Crippen LogP contribution in [0.4, 0.5) is 0 Å². The topological polar surface area (TPSA) is 107 Å². The van der Waals surface area contributed by atoms with Crippen molar-refractivity contribution in [3.63, 3.8) is 0 Å². The molecule has 8 rings (SSSR count). The second-order valence-corrected chi connectivity index (χ2v) is 13.1. The maximum atomic E-state index is 11.7. The van der Waals surface area contributed by atoms with E-state index in [4.69, 9.17) is 4.74 Å². The third-order valence-electron chi connectivity index (χ3n) is 9.33. The number of carbonyl (C=O) groups excluding carboxylic acids is 4. The molecule has 0 heterocycles. The highest BCUT2D eigenvalue weighted by Gasteiger charge is 2.53. The third kappa shape index (κ3) is 6.96. The number of aliphatic hydroxyl groups is 1. The lowest BCUT2D eigenvalue weighted by atomic mass is 9.54. The fraction of sp³-hybridized carbons (Fsp3) is 0.862. The van der Waals surface area contributed by atoms with Gasteiger partial charge in [-0.1, -0.05) is 0 Å². The van der Waals surface area contributed by atoms with Crippen LogP contribution in [-0.4, -0.2) is 46.9 Å². The molecule has 0 atom stereocenters. The molecule has 0 spiro atoms. The molecule has 8 bridgehead atoms. The first kappa shape index (κ1) is 27.3. The Morgan fingerprint density at radius 3 is 1.25 bits per heavy atom. The number of methoxy groups -OCH3 is 1. The van der Waals surface area contributed by atoms with Gasteiger partial charge in [0.2, 0.25) is 0 Å². The molecule has 8 fully saturated rings. The summed E-state index contributed by atoms with van der Waals surface area (Å²) in [6.07, 6.45) is 14.6. The minimum absolute atomic E-state index is 0.0538. The van der Waals surface area contributed by atoms with Gasteiger partial charge in [-0.2, -0.15) is 0 Å². The fourth-order valence-electron chi connectivity index (χ4n) is 8.98. The molecule has 7 heteroatoms. The van der Waals surface area contributed by atoms with E-state index in [1.165, 1.54) is 59.5 Å².